The van der Waals surface area contributed by atoms with Crippen molar-refractivity contribution in [2.75, 3.05) is 29.6 Å². The summed E-state index contributed by atoms with van der Waals surface area (Å²) in [6.45, 7) is 1.19. The molecule has 0 aliphatic carbocycles. The molecule has 0 bridgehead atoms. The summed E-state index contributed by atoms with van der Waals surface area (Å²) in [6, 6.07) is 2.61. The standard InChI is InChI=1S/C18H18F3N5O4S/c1-4-31(29,30)12-5-6-14(25(3)17(28)22-2)24-15(12)26-9-10-8-23-13(18(19,20)21)7-11(10)16(26)27/h5-8H,4,9H2,1-3H3,(H,22,28). The summed E-state index contributed by atoms with van der Waals surface area (Å²) < 4.78 is 64.2. The minimum atomic E-state index is -4.74. The highest BCUT2D eigenvalue weighted by Crippen LogP contribution is 2.35. The predicted molar refractivity (Wildman–Crippen MR) is 105 cm³/mol. The highest BCUT2D eigenvalue weighted by Gasteiger charge is 2.38. The van der Waals surface area contributed by atoms with E-state index < -0.39 is 33.6 Å². The van der Waals surface area contributed by atoms with Gasteiger partial charge in [0.05, 0.1) is 12.3 Å². The number of aromatic nitrogens is 2. The molecule has 0 spiro atoms. The maximum absolute atomic E-state index is 13.0. The van der Waals surface area contributed by atoms with Crippen molar-refractivity contribution in [2.45, 2.75) is 24.5 Å². The Balaban J connectivity index is 2.13. The van der Waals surface area contributed by atoms with Crippen LogP contribution >= 0.6 is 0 Å². The smallest absolute Gasteiger partial charge is 0.341 e. The van der Waals surface area contributed by atoms with Crippen molar-refractivity contribution in [3.63, 3.8) is 0 Å². The number of hydrogen-bond donors (Lipinski definition) is 1. The van der Waals surface area contributed by atoms with Crippen LogP contribution in [0.15, 0.2) is 29.3 Å². The van der Waals surface area contributed by atoms with Crippen molar-refractivity contribution in [3.05, 3.63) is 41.2 Å². The maximum atomic E-state index is 13.0. The third-order valence-corrected chi connectivity index (χ3v) is 6.49. The molecule has 0 fully saturated rings. The van der Waals surface area contributed by atoms with Crippen molar-refractivity contribution in [3.8, 4) is 0 Å². The minimum absolute atomic E-state index is 0.0438. The number of nitrogens with one attached hydrogen (secondary N) is 1. The summed E-state index contributed by atoms with van der Waals surface area (Å²) in [7, 11) is -1.07. The van der Waals surface area contributed by atoms with Crippen LogP contribution in [0.25, 0.3) is 0 Å². The average Bonchev–Trinajstić information content (AvgIpc) is 3.07. The van der Waals surface area contributed by atoms with E-state index in [2.05, 4.69) is 15.3 Å². The fourth-order valence-corrected chi connectivity index (χ4v) is 4.02. The fourth-order valence-electron chi connectivity index (χ4n) is 3.00. The van der Waals surface area contributed by atoms with Crippen molar-refractivity contribution in [1.29, 1.82) is 0 Å². The number of urea groups is 1. The van der Waals surface area contributed by atoms with Gasteiger partial charge in [0.1, 0.15) is 16.4 Å². The Morgan fingerprint density at radius 1 is 1.32 bits per heavy atom. The van der Waals surface area contributed by atoms with Gasteiger partial charge in [0, 0.05) is 31.4 Å². The number of carbonyl (C=O) groups is 2. The highest BCUT2D eigenvalue weighted by atomic mass is 32.2. The van der Waals surface area contributed by atoms with Gasteiger partial charge in [-0.15, -0.1) is 0 Å². The van der Waals surface area contributed by atoms with Crippen molar-refractivity contribution >= 4 is 33.4 Å². The first-order chi connectivity index (χ1) is 14.4. The molecule has 3 amide bonds. The lowest BCUT2D eigenvalue weighted by atomic mass is 10.1. The first-order valence-corrected chi connectivity index (χ1v) is 10.6. The molecule has 31 heavy (non-hydrogen) atoms. The molecule has 1 aliphatic rings. The van der Waals surface area contributed by atoms with Gasteiger partial charge in [-0.1, -0.05) is 6.92 Å². The summed E-state index contributed by atoms with van der Waals surface area (Å²) in [5.41, 5.74) is -1.28. The molecule has 3 rings (SSSR count). The van der Waals surface area contributed by atoms with Gasteiger partial charge in [0.25, 0.3) is 5.91 Å². The number of nitrogens with zero attached hydrogens (tertiary/aromatic N) is 4. The van der Waals surface area contributed by atoms with E-state index in [9.17, 15) is 31.2 Å². The van der Waals surface area contributed by atoms with E-state index >= 15 is 0 Å². The molecule has 3 heterocycles. The largest absolute Gasteiger partial charge is 0.433 e. The van der Waals surface area contributed by atoms with Crippen molar-refractivity contribution < 1.29 is 31.2 Å². The Bertz CT molecular complexity index is 1170. The van der Waals surface area contributed by atoms with Crippen LogP contribution in [0.1, 0.15) is 28.5 Å². The quantitative estimate of drug-likeness (QED) is 0.754. The van der Waals surface area contributed by atoms with Crippen LogP contribution in [-0.2, 0) is 22.6 Å². The van der Waals surface area contributed by atoms with Crippen LogP contribution in [-0.4, -0.2) is 50.2 Å². The van der Waals surface area contributed by atoms with Gasteiger partial charge >= 0.3 is 12.2 Å². The van der Waals surface area contributed by atoms with E-state index in [-0.39, 0.29) is 40.0 Å². The zero-order valence-electron chi connectivity index (χ0n) is 16.7. The second-order valence-corrected chi connectivity index (χ2v) is 8.87. The monoisotopic (exact) mass is 457 g/mol. The van der Waals surface area contributed by atoms with E-state index in [1.807, 2.05) is 0 Å². The third-order valence-electron chi connectivity index (χ3n) is 4.74. The number of rotatable bonds is 4. The average molecular weight is 457 g/mol. The first kappa shape index (κ1) is 22.5. The van der Waals surface area contributed by atoms with E-state index in [1.165, 1.54) is 33.2 Å². The molecule has 2 aromatic heterocycles. The number of sulfone groups is 1. The van der Waals surface area contributed by atoms with Gasteiger partial charge in [0.2, 0.25) is 0 Å². The molecular formula is C18H18F3N5O4S. The van der Waals surface area contributed by atoms with Crippen LogP contribution in [0, 0.1) is 0 Å². The lowest BCUT2D eigenvalue weighted by Gasteiger charge is -2.22. The first-order valence-electron chi connectivity index (χ1n) is 8.98. The molecular weight excluding hydrogens is 439 g/mol. The van der Waals surface area contributed by atoms with E-state index in [1.54, 1.807) is 0 Å². The van der Waals surface area contributed by atoms with Crippen molar-refractivity contribution in [2.24, 2.45) is 0 Å². The molecule has 0 saturated heterocycles. The number of hydrogen-bond acceptors (Lipinski definition) is 6. The second kappa shape index (κ2) is 7.80. The lowest BCUT2D eigenvalue weighted by molar-refractivity contribution is -0.141. The molecule has 0 saturated carbocycles. The second-order valence-electron chi connectivity index (χ2n) is 6.62. The Kier molecular flexibility index (Phi) is 5.65. The SMILES string of the molecule is CCS(=O)(=O)c1ccc(N(C)C(=O)NC)nc1N1Cc2cnc(C(F)(F)F)cc2C1=O. The highest BCUT2D eigenvalue weighted by molar-refractivity contribution is 7.91. The number of anilines is 2. The normalized spacial score (nSPS) is 13.9. The van der Waals surface area contributed by atoms with Gasteiger partial charge in [-0.05, 0) is 18.2 Å². The summed E-state index contributed by atoms with van der Waals surface area (Å²) in [4.78, 5) is 34.2. The third kappa shape index (κ3) is 4.04. The van der Waals surface area contributed by atoms with Crippen LogP contribution in [0.5, 0.6) is 0 Å². The molecule has 0 atom stereocenters. The van der Waals surface area contributed by atoms with Gasteiger partial charge in [0.15, 0.2) is 15.7 Å². The molecule has 166 valence electrons. The molecule has 9 nitrogen and oxygen atoms in total. The molecule has 0 aromatic carbocycles. The Morgan fingerprint density at radius 3 is 2.58 bits per heavy atom. The van der Waals surface area contributed by atoms with Gasteiger partial charge < -0.3 is 5.32 Å². The number of halogens is 3. The maximum Gasteiger partial charge on any atom is 0.433 e. The Labute approximate surface area is 175 Å². The number of carbonyl (C=O) groups excluding carboxylic acids is 2. The molecule has 0 unspecified atom stereocenters. The Hall–Kier alpha value is -3.22. The minimum Gasteiger partial charge on any atom is -0.341 e. The molecule has 1 aliphatic heterocycles. The van der Waals surface area contributed by atoms with E-state index in [0.717, 1.165) is 16.0 Å². The number of pyridine rings is 2. The van der Waals surface area contributed by atoms with Gasteiger partial charge in [-0.2, -0.15) is 13.2 Å². The molecule has 0 radical (unpaired) electrons. The number of amides is 3. The van der Waals surface area contributed by atoms with Gasteiger partial charge in [-0.25, -0.2) is 18.2 Å². The fraction of sp³-hybridized carbons (Fsp3) is 0.333. The van der Waals surface area contributed by atoms with Crippen molar-refractivity contribution in [1.82, 2.24) is 15.3 Å². The van der Waals surface area contributed by atoms with E-state index in [4.69, 9.17) is 0 Å². The summed E-state index contributed by atoms with van der Waals surface area (Å²) in [5.74, 6) is -1.36. The summed E-state index contributed by atoms with van der Waals surface area (Å²) in [5, 5.41) is 2.38. The van der Waals surface area contributed by atoms with Crippen LogP contribution in [0.3, 0.4) is 0 Å². The summed E-state index contributed by atoms with van der Waals surface area (Å²) >= 11 is 0. The molecule has 2 aromatic rings. The summed E-state index contributed by atoms with van der Waals surface area (Å²) in [6.07, 6.45) is -3.81. The zero-order valence-corrected chi connectivity index (χ0v) is 17.5. The number of fused-ring (bicyclic) bond motifs is 1. The van der Waals surface area contributed by atoms with Gasteiger partial charge in [-0.3, -0.25) is 19.6 Å². The zero-order chi connectivity index (χ0) is 23.1. The molecule has 1 N–H and O–H groups in total. The predicted octanol–water partition coefficient (Wildman–Crippen LogP) is 2.22. The van der Waals surface area contributed by atoms with Crippen LogP contribution in [0.2, 0.25) is 0 Å². The topological polar surface area (TPSA) is 113 Å². The van der Waals surface area contributed by atoms with Crippen LogP contribution < -0.4 is 15.1 Å². The number of alkyl halides is 3. The van der Waals surface area contributed by atoms with E-state index in [0.29, 0.717) is 6.07 Å². The Morgan fingerprint density at radius 2 is 2.00 bits per heavy atom. The van der Waals surface area contributed by atoms with Crippen LogP contribution in [0.4, 0.5) is 29.6 Å². The molecule has 13 heteroatoms. The lowest BCUT2D eigenvalue weighted by Crippen LogP contribution is -2.36.